The quantitative estimate of drug-likeness (QED) is 0.649. The summed E-state index contributed by atoms with van der Waals surface area (Å²) in [4.78, 5) is 25.8. The fourth-order valence-electron chi connectivity index (χ4n) is 3.88. The first-order valence-corrected chi connectivity index (χ1v) is 10.4. The van der Waals surface area contributed by atoms with Crippen LogP contribution in [0.4, 0.5) is 5.69 Å². The van der Waals surface area contributed by atoms with Crippen molar-refractivity contribution in [2.45, 2.75) is 45.6 Å². The Bertz CT molecular complexity index is 694. The molecule has 0 spiro atoms. The van der Waals surface area contributed by atoms with Gasteiger partial charge in [0.1, 0.15) is 13.2 Å². The van der Waals surface area contributed by atoms with Crippen LogP contribution in [0.3, 0.4) is 0 Å². The molecule has 7 heteroatoms. The third-order valence-corrected chi connectivity index (χ3v) is 5.60. The summed E-state index contributed by atoms with van der Waals surface area (Å²) >= 11 is 0. The normalized spacial score (nSPS) is 22.2. The number of benzene rings is 1. The van der Waals surface area contributed by atoms with Crippen molar-refractivity contribution in [2.75, 3.05) is 38.2 Å². The molecule has 3 atom stereocenters. The first-order chi connectivity index (χ1) is 13.5. The largest absolute Gasteiger partial charge is 0.486 e. The Morgan fingerprint density at radius 1 is 1.07 bits per heavy atom. The lowest BCUT2D eigenvalue weighted by Gasteiger charge is -2.29. The third-order valence-electron chi connectivity index (χ3n) is 5.60. The summed E-state index contributed by atoms with van der Waals surface area (Å²) in [6.07, 6.45) is 4.66. The summed E-state index contributed by atoms with van der Waals surface area (Å²) in [6.45, 7) is 6.51. The number of nitrogens with one attached hydrogen (secondary N) is 3. The molecule has 1 aliphatic heterocycles. The van der Waals surface area contributed by atoms with E-state index in [0.29, 0.717) is 49.4 Å². The Hall–Kier alpha value is -2.28. The summed E-state index contributed by atoms with van der Waals surface area (Å²) in [5.41, 5.74) is 0.671. The molecular weight excluding hydrogens is 358 g/mol. The number of anilines is 1. The molecule has 0 radical (unpaired) electrons. The zero-order valence-electron chi connectivity index (χ0n) is 16.9. The summed E-state index contributed by atoms with van der Waals surface area (Å²) < 4.78 is 11.0. The van der Waals surface area contributed by atoms with Crippen LogP contribution in [-0.4, -0.2) is 50.7 Å². The van der Waals surface area contributed by atoms with Crippen LogP contribution in [0.25, 0.3) is 0 Å². The minimum Gasteiger partial charge on any atom is -0.486 e. The molecule has 154 valence electrons. The molecule has 3 N–H and O–H groups in total. The Kier molecular flexibility index (Phi) is 7.14. The standard InChI is InChI=1S/C21H31N3O4/c1-3-24(14-21(26)23-17-7-5-4-6-15(17)2)13-20(25)22-16-8-9-18-19(12-16)28-11-10-27-18/h8-9,12,15,17H,3-7,10-11,13-14H2,1-2H3,(H,22,25)(H,23,26)/p+1/t15-,17+/m0/s1. The first-order valence-electron chi connectivity index (χ1n) is 10.4. The van der Waals surface area contributed by atoms with Crippen LogP contribution < -0.4 is 25.0 Å². The first kappa shape index (κ1) is 20.5. The lowest BCUT2D eigenvalue weighted by atomic mass is 9.86. The number of hydrogen-bond acceptors (Lipinski definition) is 4. The smallest absolute Gasteiger partial charge is 0.279 e. The fraction of sp³-hybridized carbons (Fsp3) is 0.619. The number of hydrogen-bond donors (Lipinski definition) is 3. The minimum atomic E-state index is -0.118. The topological polar surface area (TPSA) is 81.1 Å². The number of amides is 2. The molecule has 1 aromatic carbocycles. The van der Waals surface area contributed by atoms with Crippen LogP contribution >= 0.6 is 0 Å². The van der Waals surface area contributed by atoms with Gasteiger partial charge in [-0.2, -0.15) is 0 Å². The highest BCUT2D eigenvalue weighted by atomic mass is 16.6. The van der Waals surface area contributed by atoms with Gasteiger partial charge in [-0.3, -0.25) is 9.59 Å². The molecule has 28 heavy (non-hydrogen) atoms. The predicted octanol–water partition coefficient (Wildman–Crippen LogP) is 0.996. The van der Waals surface area contributed by atoms with Crippen molar-refractivity contribution in [3.8, 4) is 11.5 Å². The number of likely N-dealkylation sites (N-methyl/N-ethyl adjacent to an activating group) is 1. The van der Waals surface area contributed by atoms with Gasteiger partial charge in [0.05, 0.1) is 6.54 Å². The number of rotatable bonds is 7. The molecule has 7 nitrogen and oxygen atoms in total. The molecule has 0 bridgehead atoms. The Morgan fingerprint density at radius 2 is 1.79 bits per heavy atom. The third kappa shape index (κ3) is 5.61. The zero-order valence-corrected chi connectivity index (χ0v) is 16.9. The summed E-state index contributed by atoms with van der Waals surface area (Å²) in [7, 11) is 0. The van der Waals surface area contributed by atoms with Crippen molar-refractivity contribution in [1.29, 1.82) is 0 Å². The second-order valence-electron chi connectivity index (χ2n) is 7.80. The molecule has 2 amide bonds. The van der Waals surface area contributed by atoms with Crippen molar-refractivity contribution in [2.24, 2.45) is 5.92 Å². The number of quaternary nitrogens is 1. The second kappa shape index (κ2) is 9.78. The monoisotopic (exact) mass is 390 g/mol. The van der Waals surface area contributed by atoms with Crippen LogP contribution in [0.2, 0.25) is 0 Å². The maximum absolute atomic E-state index is 12.4. The maximum atomic E-state index is 12.4. The van der Waals surface area contributed by atoms with Gasteiger partial charge in [0.15, 0.2) is 24.6 Å². The summed E-state index contributed by atoms with van der Waals surface area (Å²) in [6, 6.07) is 5.64. The van der Waals surface area contributed by atoms with Gasteiger partial charge in [0, 0.05) is 17.8 Å². The highest BCUT2D eigenvalue weighted by Gasteiger charge is 2.25. The molecule has 0 aromatic heterocycles. The SMILES string of the molecule is CC[NH+](CC(=O)Nc1ccc2c(c1)OCCO2)CC(=O)N[C@@H]1CCCC[C@@H]1C. The van der Waals surface area contributed by atoms with Crippen molar-refractivity contribution in [1.82, 2.24) is 5.32 Å². The van der Waals surface area contributed by atoms with Gasteiger partial charge in [-0.25, -0.2) is 0 Å². The Balaban J connectivity index is 1.48. The average Bonchev–Trinajstić information content (AvgIpc) is 2.69. The van der Waals surface area contributed by atoms with E-state index in [1.165, 1.54) is 19.3 Å². The van der Waals surface area contributed by atoms with Crippen LogP contribution in [0.5, 0.6) is 11.5 Å². The average molecular weight is 391 g/mol. The van der Waals surface area contributed by atoms with E-state index >= 15 is 0 Å². The summed E-state index contributed by atoms with van der Waals surface area (Å²) in [5, 5.41) is 6.06. The van der Waals surface area contributed by atoms with Gasteiger partial charge in [0.2, 0.25) is 0 Å². The van der Waals surface area contributed by atoms with Crippen LogP contribution in [0.1, 0.15) is 39.5 Å². The number of carbonyl (C=O) groups excluding carboxylic acids is 2. The van der Waals surface area contributed by atoms with Crippen molar-refractivity contribution < 1.29 is 24.0 Å². The lowest BCUT2D eigenvalue weighted by Crippen LogP contribution is -3.14. The molecular formula is C21H32N3O4+. The van der Waals surface area contributed by atoms with E-state index in [2.05, 4.69) is 17.6 Å². The molecule has 1 fully saturated rings. The van der Waals surface area contributed by atoms with Crippen molar-refractivity contribution in [3.05, 3.63) is 18.2 Å². The predicted molar refractivity (Wildman–Crippen MR) is 107 cm³/mol. The van der Waals surface area contributed by atoms with E-state index in [-0.39, 0.29) is 24.4 Å². The van der Waals surface area contributed by atoms with Crippen molar-refractivity contribution >= 4 is 17.5 Å². The highest BCUT2D eigenvalue weighted by molar-refractivity contribution is 5.92. The molecule has 2 aliphatic rings. The summed E-state index contributed by atoms with van der Waals surface area (Å²) in [5.74, 6) is 1.78. The number of fused-ring (bicyclic) bond motifs is 1. The van der Waals surface area contributed by atoms with Gasteiger partial charge >= 0.3 is 0 Å². The van der Waals surface area contributed by atoms with E-state index in [4.69, 9.17) is 9.47 Å². The number of carbonyl (C=O) groups is 2. The Labute approximate surface area is 166 Å². The minimum absolute atomic E-state index is 0.0303. The van der Waals surface area contributed by atoms with Gasteiger partial charge in [-0.15, -0.1) is 0 Å². The van der Waals surface area contributed by atoms with Crippen LogP contribution in [-0.2, 0) is 9.59 Å². The van der Waals surface area contributed by atoms with Crippen LogP contribution in [0.15, 0.2) is 18.2 Å². The zero-order chi connectivity index (χ0) is 19.9. The van der Waals surface area contributed by atoms with Gasteiger partial charge in [-0.05, 0) is 37.8 Å². The highest BCUT2D eigenvalue weighted by Crippen LogP contribution is 2.32. The van der Waals surface area contributed by atoms with E-state index in [9.17, 15) is 9.59 Å². The van der Waals surface area contributed by atoms with Gasteiger partial charge in [0.25, 0.3) is 11.8 Å². The molecule has 1 saturated carbocycles. The molecule has 1 aromatic rings. The Morgan fingerprint density at radius 3 is 2.54 bits per heavy atom. The molecule has 0 saturated heterocycles. The number of ether oxygens (including phenoxy) is 2. The fourth-order valence-corrected chi connectivity index (χ4v) is 3.88. The van der Waals surface area contributed by atoms with Crippen molar-refractivity contribution in [3.63, 3.8) is 0 Å². The molecule has 1 unspecified atom stereocenters. The maximum Gasteiger partial charge on any atom is 0.279 e. The molecule has 1 heterocycles. The second-order valence-corrected chi connectivity index (χ2v) is 7.80. The molecule has 3 rings (SSSR count). The van der Waals surface area contributed by atoms with E-state index in [1.54, 1.807) is 18.2 Å². The van der Waals surface area contributed by atoms with Gasteiger partial charge in [-0.1, -0.05) is 19.8 Å². The van der Waals surface area contributed by atoms with E-state index < -0.39 is 0 Å². The van der Waals surface area contributed by atoms with E-state index in [1.807, 2.05) is 6.92 Å². The van der Waals surface area contributed by atoms with E-state index in [0.717, 1.165) is 11.3 Å². The van der Waals surface area contributed by atoms with Crippen LogP contribution in [0, 0.1) is 5.92 Å². The lowest BCUT2D eigenvalue weighted by molar-refractivity contribution is -0.881. The molecule has 1 aliphatic carbocycles. The van der Waals surface area contributed by atoms with Gasteiger partial charge < -0.3 is 25.0 Å².